The third kappa shape index (κ3) is 1.28. The van der Waals surface area contributed by atoms with Gasteiger partial charge in [0.15, 0.2) is 0 Å². The second-order valence-corrected chi connectivity index (χ2v) is 10.3. The summed E-state index contributed by atoms with van der Waals surface area (Å²) in [5.41, 5.74) is -1.43. The van der Waals surface area contributed by atoms with Gasteiger partial charge in [0, 0.05) is 22.7 Å². The maximum atomic E-state index is 11.9. The molecule has 3 unspecified atom stereocenters. The Kier molecular flexibility index (Phi) is 2.42. The Morgan fingerprint density at radius 3 is 2.64 bits per heavy atom. The molecule has 0 aromatic heterocycles. The Labute approximate surface area is 148 Å². The minimum absolute atomic E-state index is 0.0218. The summed E-state index contributed by atoms with van der Waals surface area (Å²) < 4.78 is 12.7. The minimum atomic E-state index is -1.22. The van der Waals surface area contributed by atoms with Gasteiger partial charge in [0.2, 0.25) is 0 Å². The van der Waals surface area contributed by atoms with Crippen molar-refractivity contribution in [3.8, 4) is 0 Å². The van der Waals surface area contributed by atoms with Crippen LogP contribution in [0.25, 0.3) is 0 Å². The van der Waals surface area contributed by atoms with Crippen LogP contribution >= 0.6 is 0 Å². The first-order chi connectivity index (χ1) is 11.6. The van der Waals surface area contributed by atoms with E-state index in [4.69, 9.17) is 9.47 Å². The summed E-state index contributed by atoms with van der Waals surface area (Å²) in [6, 6.07) is 0. The molecule has 4 aliphatic carbocycles. The highest BCUT2D eigenvalue weighted by atomic mass is 16.6. The zero-order valence-electron chi connectivity index (χ0n) is 15.3. The number of hydrogen-bond donors (Lipinski definition) is 3. The van der Waals surface area contributed by atoms with Gasteiger partial charge >= 0.3 is 0 Å². The van der Waals surface area contributed by atoms with Crippen molar-refractivity contribution in [1.29, 1.82) is 0 Å². The van der Waals surface area contributed by atoms with Crippen LogP contribution in [0.1, 0.15) is 40.5 Å². The molecule has 0 radical (unpaired) electrons. The topological polar surface area (TPSA) is 82.5 Å². The van der Waals surface area contributed by atoms with Gasteiger partial charge < -0.3 is 24.8 Å². The van der Waals surface area contributed by atoms with Gasteiger partial charge in [0.1, 0.15) is 5.60 Å². The average Bonchev–Trinajstić information content (AvgIpc) is 3.05. The van der Waals surface area contributed by atoms with Crippen LogP contribution in [0.5, 0.6) is 0 Å². The van der Waals surface area contributed by atoms with E-state index in [1.165, 1.54) is 5.57 Å². The van der Waals surface area contributed by atoms with Crippen molar-refractivity contribution in [2.45, 2.75) is 82.3 Å². The van der Waals surface area contributed by atoms with Crippen molar-refractivity contribution in [3.63, 3.8) is 0 Å². The average molecular weight is 348 g/mol. The molecule has 1 spiro atoms. The van der Waals surface area contributed by atoms with E-state index in [1.54, 1.807) is 0 Å². The van der Waals surface area contributed by atoms with E-state index in [-0.39, 0.29) is 41.5 Å². The Hall–Kier alpha value is -0.460. The third-order valence-electron chi connectivity index (χ3n) is 9.34. The van der Waals surface area contributed by atoms with Crippen LogP contribution in [0.2, 0.25) is 0 Å². The van der Waals surface area contributed by atoms with Gasteiger partial charge in [-0.05, 0) is 32.6 Å². The molecule has 138 valence electrons. The summed E-state index contributed by atoms with van der Waals surface area (Å²) >= 11 is 0. The van der Waals surface area contributed by atoms with E-state index < -0.39 is 28.8 Å². The van der Waals surface area contributed by atoms with Crippen molar-refractivity contribution >= 4 is 0 Å². The lowest BCUT2D eigenvalue weighted by atomic mass is 9.64. The molecule has 0 aromatic rings. The van der Waals surface area contributed by atoms with E-state index in [9.17, 15) is 15.3 Å². The van der Waals surface area contributed by atoms with Crippen LogP contribution in [0, 0.1) is 28.6 Å². The van der Waals surface area contributed by atoms with Crippen LogP contribution < -0.4 is 0 Å². The molecule has 11 atom stereocenters. The minimum Gasteiger partial charge on any atom is -0.392 e. The van der Waals surface area contributed by atoms with Gasteiger partial charge in [0.25, 0.3) is 0 Å². The van der Waals surface area contributed by atoms with Crippen molar-refractivity contribution in [2.24, 2.45) is 28.6 Å². The van der Waals surface area contributed by atoms with Crippen LogP contribution in [-0.4, -0.2) is 57.0 Å². The molecular formula is C20H28O5. The summed E-state index contributed by atoms with van der Waals surface area (Å²) in [6.07, 6.45) is 1.95. The first-order valence-corrected chi connectivity index (χ1v) is 9.70. The van der Waals surface area contributed by atoms with Crippen molar-refractivity contribution in [3.05, 3.63) is 11.6 Å². The fourth-order valence-electron chi connectivity index (χ4n) is 8.44. The maximum absolute atomic E-state index is 11.9. The van der Waals surface area contributed by atoms with E-state index in [0.717, 1.165) is 0 Å². The second-order valence-electron chi connectivity index (χ2n) is 10.3. The monoisotopic (exact) mass is 348 g/mol. The predicted octanol–water partition coefficient (Wildman–Crippen LogP) is 1.01. The van der Waals surface area contributed by atoms with Gasteiger partial charge in [0.05, 0.1) is 36.1 Å². The molecule has 0 aromatic carbocycles. The van der Waals surface area contributed by atoms with Gasteiger partial charge in [-0.3, -0.25) is 0 Å². The Morgan fingerprint density at radius 2 is 1.92 bits per heavy atom. The highest BCUT2D eigenvalue weighted by Gasteiger charge is 2.86. The molecule has 6 rings (SSSR count). The molecule has 5 nitrogen and oxygen atoms in total. The zero-order valence-corrected chi connectivity index (χ0v) is 15.3. The lowest BCUT2D eigenvalue weighted by Gasteiger charge is -2.51. The van der Waals surface area contributed by atoms with E-state index in [2.05, 4.69) is 19.9 Å². The fraction of sp³-hybridized carbons (Fsp3) is 0.900. The standard InChI is InChI=1S/C20H28O5/c1-8-5-12-19-7-11(22)20(23)15(14-16(24-14)17(20,2)3)18(4,25-12)10(19)6-9(21)13(8)19/h5,9-16,21-23H,6-7H2,1-4H3/t9-,10-,11+,12?,13?,14-,15-,16-,18+,19?,20+/m0/s1. The molecule has 2 heterocycles. The second kappa shape index (κ2) is 3.88. The normalized spacial score (nSPS) is 68.2. The molecule has 2 aliphatic heterocycles. The number of hydrogen-bond acceptors (Lipinski definition) is 5. The molecule has 2 saturated heterocycles. The number of epoxide rings is 1. The first kappa shape index (κ1) is 15.6. The number of rotatable bonds is 0. The summed E-state index contributed by atoms with van der Waals surface area (Å²) in [6.45, 7) is 8.21. The van der Waals surface area contributed by atoms with Gasteiger partial charge in [-0.15, -0.1) is 0 Å². The largest absolute Gasteiger partial charge is 0.392 e. The first-order valence-electron chi connectivity index (χ1n) is 9.70. The predicted molar refractivity (Wildman–Crippen MR) is 88.6 cm³/mol. The number of fused-ring (bicyclic) bond motifs is 4. The molecule has 5 fully saturated rings. The maximum Gasteiger partial charge on any atom is 0.106 e. The highest BCUT2D eigenvalue weighted by molar-refractivity contribution is 5.39. The molecule has 2 bridgehead atoms. The third-order valence-corrected chi connectivity index (χ3v) is 9.34. The molecule has 0 amide bonds. The van der Waals surface area contributed by atoms with Crippen molar-refractivity contribution in [1.82, 2.24) is 0 Å². The number of aliphatic hydroxyl groups is 3. The van der Waals surface area contributed by atoms with Crippen LogP contribution in [0.4, 0.5) is 0 Å². The SMILES string of the molecule is CC1=CC2O[C@]3(C)[C@@H]4C[C@H](O)C1C24C[C@@H](O)[C@@]1(O)[C@H]3[C@@H]2O[C@@H]2C1(C)C. The van der Waals surface area contributed by atoms with Crippen LogP contribution in [0.3, 0.4) is 0 Å². The molecular weight excluding hydrogens is 320 g/mol. The summed E-state index contributed by atoms with van der Waals surface area (Å²) in [7, 11) is 0. The summed E-state index contributed by atoms with van der Waals surface area (Å²) in [5, 5.41) is 34.0. The Balaban J connectivity index is 1.60. The lowest BCUT2D eigenvalue weighted by molar-refractivity contribution is -0.239. The quantitative estimate of drug-likeness (QED) is 0.449. The smallest absolute Gasteiger partial charge is 0.106 e. The molecule has 5 heteroatoms. The zero-order chi connectivity index (χ0) is 17.7. The van der Waals surface area contributed by atoms with Gasteiger partial charge in [-0.25, -0.2) is 0 Å². The lowest BCUT2D eigenvalue weighted by Crippen LogP contribution is -2.63. The van der Waals surface area contributed by atoms with E-state index in [0.29, 0.717) is 12.8 Å². The van der Waals surface area contributed by atoms with Gasteiger partial charge in [-0.2, -0.15) is 0 Å². The number of aliphatic hydroxyl groups excluding tert-OH is 2. The molecule has 3 N–H and O–H groups in total. The summed E-state index contributed by atoms with van der Waals surface area (Å²) in [4.78, 5) is 0. The van der Waals surface area contributed by atoms with E-state index in [1.807, 2.05) is 13.8 Å². The molecule has 25 heavy (non-hydrogen) atoms. The highest BCUT2D eigenvalue weighted by Crippen LogP contribution is 2.77. The molecule has 6 aliphatic rings. The Morgan fingerprint density at radius 1 is 1.20 bits per heavy atom. The van der Waals surface area contributed by atoms with Crippen molar-refractivity contribution < 1.29 is 24.8 Å². The van der Waals surface area contributed by atoms with Crippen LogP contribution in [-0.2, 0) is 9.47 Å². The summed E-state index contributed by atoms with van der Waals surface area (Å²) in [5.74, 6) is -0.101. The molecule has 3 saturated carbocycles. The van der Waals surface area contributed by atoms with E-state index >= 15 is 0 Å². The Bertz CT molecular complexity index is 717. The number of ether oxygens (including phenoxy) is 2. The fourth-order valence-corrected chi connectivity index (χ4v) is 8.44. The van der Waals surface area contributed by atoms with Crippen molar-refractivity contribution in [2.75, 3.05) is 0 Å². The van der Waals surface area contributed by atoms with Gasteiger partial charge in [-0.1, -0.05) is 25.5 Å². The van der Waals surface area contributed by atoms with Crippen LogP contribution in [0.15, 0.2) is 11.6 Å².